The van der Waals surface area contributed by atoms with E-state index in [1.165, 1.54) is 32.1 Å². The molecular formula is C16H28O. The Bertz CT molecular complexity index is 303. The summed E-state index contributed by atoms with van der Waals surface area (Å²) in [7, 11) is 0. The molecule has 1 nitrogen and oxygen atoms in total. The maximum atomic E-state index is 10.7. The van der Waals surface area contributed by atoms with E-state index in [1.807, 2.05) is 0 Å². The predicted octanol–water partition coefficient (Wildman–Crippen LogP) is 4.14. The van der Waals surface area contributed by atoms with E-state index in [0.717, 1.165) is 31.1 Å². The first-order chi connectivity index (χ1) is 7.84. The Labute approximate surface area is 106 Å². The average molecular weight is 236 g/mol. The standard InChI is InChI=1S/C16H28O/c1-4-14(2,3)10-15-6-12-5-13(7-15)9-16(17,8-12)11-15/h12-13,17H,4-11H2,1-3H3. The van der Waals surface area contributed by atoms with Gasteiger partial charge in [0.25, 0.3) is 0 Å². The monoisotopic (exact) mass is 236 g/mol. The highest BCUT2D eigenvalue weighted by atomic mass is 16.3. The third-order valence-electron chi connectivity index (χ3n) is 5.96. The molecule has 4 bridgehead atoms. The lowest BCUT2D eigenvalue weighted by Crippen LogP contribution is -2.56. The number of aliphatic hydroxyl groups is 1. The van der Waals surface area contributed by atoms with Gasteiger partial charge in [0.2, 0.25) is 0 Å². The van der Waals surface area contributed by atoms with Crippen LogP contribution in [0.2, 0.25) is 0 Å². The molecule has 0 radical (unpaired) electrons. The van der Waals surface area contributed by atoms with Gasteiger partial charge in [0, 0.05) is 0 Å². The van der Waals surface area contributed by atoms with Crippen molar-refractivity contribution >= 4 is 0 Å². The normalized spacial score (nSPS) is 48.7. The second-order valence-corrected chi connectivity index (χ2v) is 8.38. The molecule has 2 unspecified atom stereocenters. The summed E-state index contributed by atoms with van der Waals surface area (Å²) >= 11 is 0. The molecule has 4 aliphatic carbocycles. The summed E-state index contributed by atoms with van der Waals surface area (Å²) < 4.78 is 0. The van der Waals surface area contributed by atoms with Gasteiger partial charge in [-0.2, -0.15) is 0 Å². The van der Waals surface area contributed by atoms with Gasteiger partial charge < -0.3 is 5.11 Å². The minimum atomic E-state index is -0.270. The Kier molecular flexibility index (Phi) is 2.47. The minimum Gasteiger partial charge on any atom is -0.390 e. The topological polar surface area (TPSA) is 20.2 Å². The third kappa shape index (κ3) is 2.05. The smallest absolute Gasteiger partial charge is 0.0658 e. The second kappa shape index (κ2) is 3.50. The molecular weight excluding hydrogens is 208 g/mol. The van der Waals surface area contributed by atoms with E-state index >= 15 is 0 Å². The fourth-order valence-corrected chi connectivity index (χ4v) is 5.75. The highest BCUT2D eigenvalue weighted by Gasteiger charge is 2.57. The van der Waals surface area contributed by atoms with Crippen LogP contribution in [0, 0.1) is 22.7 Å². The zero-order valence-corrected chi connectivity index (χ0v) is 11.8. The quantitative estimate of drug-likeness (QED) is 0.780. The molecule has 0 aromatic rings. The zero-order valence-electron chi connectivity index (χ0n) is 11.8. The molecule has 4 saturated carbocycles. The first-order valence-electron chi connectivity index (χ1n) is 7.56. The highest BCUT2D eigenvalue weighted by molar-refractivity contribution is 5.09. The molecule has 0 amide bonds. The summed E-state index contributed by atoms with van der Waals surface area (Å²) in [5.74, 6) is 1.68. The van der Waals surface area contributed by atoms with E-state index in [-0.39, 0.29) is 5.60 Å². The zero-order chi connectivity index (χ0) is 12.3. The van der Waals surface area contributed by atoms with E-state index in [0.29, 0.717) is 10.8 Å². The van der Waals surface area contributed by atoms with Gasteiger partial charge in [0.15, 0.2) is 0 Å². The number of hydrogen-bond donors (Lipinski definition) is 1. The van der Waals surface area contributed by atoms with Gasteiger partial charge in [-0.3, -0.25) is 0 Å². The van der Waals surface area contributed by atoms with Crippen LogP contribution in [0.1, 0.15) is 72.1 Å². The first-order valence-corrected chi connectivity index (χ1v) is 7.56. The molecule has 0 heterocycles. The second-order valence-electron chi connectivity index (χ2n) is 8.38. The van der Waals surface area contributed by atoms with Crippen molar-refractivity contribution in [1.82, 2.24) is 0 Å². The van der Waals surface area contributed by atoms with Gasteiger partial charge in [0.05, 0.1) is 5.60 Å². The predicted molar refractivity (Wildman–Crippen MR) is 70.8 cm³/mol. The maximum absolute atomic E-state index is 10.7. The summed E-state index contributed by atoms with van der Waals surface area (Å²) in [5.41, 5.74) is 0.689. The number of hydrogen-bond acceptors (Lipinski definition) is 1. The van der Waals surface area contributed by atoms with Crippen LogP contribution in [0.3, 0.4) is 0 Å². The van der Waals surface area contributed by atoms with Crippen LogP contribution in [-0.4, -0.2) is 10.7 Å². The van der Waals surface area contributed by atoms with Crippen molar-refractivity contribution in [3.63, 3.8) is 0 Å². The van der Waals surface area contributed by atoms with Gasteiger partial charge in [-0.05, 0) is 67.6 Å². The van der Waals surface area contributed by atoms with E-state index in [1.54, 1.807) is 0 Å². The van der Waals surface area contributed by atoms with Gasteiger partial charge in [-0.1, -0.05) is 27.2 Å². The summed E-state index contributed by atoms with van der Waals surface area (Å²) in [5, 5.41) is 10.7. The summed E-state index contributed by atoms with van der Waals surface area (Å²) in [4.78, 5) is 0. The van der Waals surface area contributed by atoms with E-state index in [2.05, 4.69) is 20.8 Å². The van der Waals surface area contributed by atoms with Crippen LogP contribution in [0.25, 0.3) is 0 Å². The fourth-order valence-electron chi connectivity index (χ4n) is 5.75. The van der Waals surface area contributed by atoms with Gasteiger partial charge >= 0.3 is 0 Å². The molecule has 0 aromatic carbocycles. The van der Waals surface area contributed by atoms with Crippen molar-refractivity contribution in [3.8, 4) is 0 Å². The average Bonchev–Trinajstić information content (AvgIpc) is 2.11. The number of rotatable bonds is 3. The van der Waals surface area contributed by atoms with Crippen molar-refractivity contribution < 1.29 is 5.11 Å². The Morgan fingerprint density at radius 2 is 1.71 bits per heavy atom. The van der Waals surface area contributed by atoms with Crippen LogP contribution in [0.5, 0.6) is 0 Å². The molecule has 98 valence electrons. The van der Waals surface area contributed by atoms with Gasteiger partial charge in [0.1, 0.15) is 0 Å². The Hall–Kier alpha value is -0.0400. The molecule has 0 aromatic heterocycles. The maximum Gasteiger partial charge on any atom is 0.0658 e. The van der Waals surface area contributed by atoms with Crippen molar-refractivity contribution in [2.45, 2.75) is 77.7 Å². The summed E-state index contributed by atoms with van der Waals surface area (Å²) in [6, 6.07) is 0. The SMILES string of the molecule is CCC(C)(C)CC12CC3CC(CC(O)(C3)C1)C2. The lowest BCUT2D eigenvalue weighted by molar-refractivity contribution is -0.173. The van der Waals surface area contributed by atoms with Crippen LogP contribution < -0.4 is 0 Å². The molecule has 4 aliphatic rings. The molecule has 0 spiro atoms. The van der Waals surface area contributed by atoms with E-state index in [4.69, 9.17) is 0 Å². The Balaban J connectivity index is 1.84. The molecule has 0 saturated heterocycles. The third-order valence-corrected chi connectivity index (χ3v) is 5.96. The van der Waals surface area contributed by atoms with Crippen molar-refractivity contribution in [1.29, 1.82) is 0 Å². The minimum absolute atomic E-state index is 0.270. The van der Waals surface area contributed by atoms with Crippen molar-refractivity contribution in [2.75, 3.05) is 0 Å². The first kappa shape index (κ1) is 12.0. The van der Waals surface area contributed by atoms with Crippen LogP contribution in [0.15, 0.2) is 0 Å². The molecule has 4 rings (SSSR count). The molecule has 1 N–H and O–H groups in total. The molecule has 1 heteroatoms. The Morgan fingerprint density at radius 3 is 2.18 bits per heavy atom. The lowest BCUT2D eigenvalue weighted by atomic mass is 9.45. The molecule has 0 aliphatic heterocycles. The highest BCUT2D eigenvalue weighted by Crippen LogP contribution is 2.64. The van der Waals surface area contributed by atoms with Crippen molar-refractivity contribution in [3.05, 3.63) is 0 Å². The lowest BCUT2D eigenvalue weighted by Gasteiger charge is -2.61. The Morgan fingerprint density at radius 1 is 1.12 bits per heavy atom. The molecule has 17 heavy (non-hydrogen) atoms. The fraction of sp³-hybridized carbons (Fsp3) is 1.00. The largest absolute Gasteiger partial charge is 0.390 e. The van der Waals surface area contributed by atoms with Crippen LogP contribution >= 0.6 is 0 Å². The van der Waals surface area contributed by atoms with Crippen LogP contribution in [-0.2, 0) is 0 Å². The summed E-state index contributed by atoms with van der Waals surface area (Å²) in [6.07, 6.45) is 10.2. The van der Waals surface area contributed by atoms with Crippen LogP contribution in [0.4, 0.5) is 0 Å². The van der Waals surface area contributed by atoms with Crippen molar-refractivity contribution in [2.24, 2.45) is 22.7 Å². The van der Waals surface area contributed by atoms with E-state index in [9.17, 15) is 5.11 Å². The van der Waals surface area contributed by atoms with E-state index < -0.39 is 0 Å². The van der Waals surface area contributed by atoms with Gasteiger partial charge in [-0.15, -0.1) is 0 Å². The molecule has 2 atom stereocenters. The summed E-state index contributed by atoms with van der Waals surface area (Å²) in [6.45, 7) is 7.14. The van der Waals surface area contributed by atoms with Gasteiger partial charge in [-0.25, -0.2) is 0 Å². The molecule has 4 fully saturated rings.